The predicted molar refractivity (Wildman–Crippen MR) is 98.4 cm³/mol. The molecule has 2 aliphatic heterocycles. The predicted octanol–water partition coefficient (Wildman–Crippen LogP) is 1.20. The molecule has 0 bridgehead atoms. The minimum absolute atomic E-state index is 0.0530. The van der Waals surface area contributed by atoms with Crippen molar-refractivity contribution in [3.05, 3.63) is 47.9 Å². The van der Waals surface area contributed by atoms with Crippen LogP contribution < -0.4 is 15.4 Å². The number of anilines is 1. The molecule has 0 radical (unpaired) electrons. The molecule has 8 heteroatoms. The number of nitrogens with zero attached hydrogens (tertiary/aromatic N) is 3. The zero-order valence-corrected chi connectivity index (χ0v) is 14.9. The van der Waals surface area contributed by atoms with Gasteiger partial charge in [0.15, 0.2) is 6.61 Å². The molecule has 0 unspecified atom stereocenters. The van der Waals surface area contributed by atoms with Crippen molar-refractivity contribution in [3.8, 4) is 5.88 Å². The molecule has 2 N–H and O–H groups in total. The molecule has 1 saturated heterocycles. The summed E-state index contributed by atoms with van der Waals surface area (Å²) in [6.45, 7) is 2.60. The number of hydrogen-bond donors (Lipinski definition) is 2. The Kier molecular flexibility index (Phi) is 4.97. The molecular formula is C19H21N5O3. The van der Waals surface area contributed by atoms with Gasteiger partial charge in [-0.15, -0.1) is 0 Å². The highest BCUT2D eigenvalue weighted by Crippen LogP contribution is 2.25. The summed E-state index contributed by atoms with van der Waals surface area (Å²) in [4.78, 5) is 34.8. The topological polar surface area (TPSA) is 96.4 Å². The van der Waals surface area contributed by atoms with Crippen molar-refractivity contribution in [1.82, 2.24) is 20.2 Å². The van der Waals surface area contributed by atoms with Crippen molar-refractivity contribution in [2.45, 2.75) is 25.4 Å². The Balaban J connectivity index is 1.31. The SMILES string of the molecule is O=C1COc2ncc(C(=O)NC3CCN(Cc4ccccn4)CC3)cc2N1. The van der Waals surface area contributed by atoms with E-state index in [9.17, 15) is 9.59 Å². The average molecular weight is 367 g/mol. The maximum atomic E-state index is 12.5. The number of rotatable bonds is 4. The van der Waals surface area contributed by atoms with Crippen molar-refractivity contribution in [1.29, 1.82) is 0 Å². The van der Waals surface area contributed by atoms with E-state index < -0.39 is 0 Å². The van der Waals surface area contributed by atoms with Crippen molar-refractivity contribution in [2.24, 2.45) is 0 Å². The van der Waals surface area contributed by atoms with Crippen LogP contribution >= 0.6 is 0 Å². The zero-order valence-electron chi connectivity index (χ0n) is 14.9. The van der Waals surface area contributed by atoms with Crippen LogP contribution in [0, 0.1) is 0 Å². The summed E-state index contributed by atoms with van der Waals surface area (Å²) >= 11 is 0. The fourth-order valence-electron chi connectivity index (χ4n) is 3.33. The minimum atomic E-state index is -0.248. The van der Waals surface area contributed by atoms with Crippen molar-refractivity contribution in [3.63, 3.8) is 0 Å². The Hall–Kier alpha value is -3.00. The molecule has 0 aliphatic carbocycles. The zero-order chi connectivity index (χ0) is 18.6. The highest BCUT2D eigenvalue weighted by molar-refractivity contribution is 5.99. The van der Waals surface area contributed by atoms with Crippen LogP contribution in [0.3, 0.4) is 0 Å². The van der Waals surface area contributed by atoms with Gasteiger partial charge in [0.1, 0.15) is 5.69 Å². The van der Waals surface area contributed by atoms with Crippen molar-refractivity contribution >= 4 is 17.5 Å². The maximum Gasteiger partial charge on any atom is 0.262 e. The van der Waals surface area contributed by atoms with E-state index in [0.717, 1.165) is 38.2 Å². The number of pyridine rings is 2. The highest BCUT2D eigenvalue weighted by atomic mass is 16.5. The van der Waals surface area contributed by atoms with Crippen LogP contribution in [0.2, 0.25) is 0 Å². The third kappa shape index (κ3) is 4.22. The summed E-state index contributed by atoms with van der Waals surface area (Å²) in [5.74, 6) is -0.0931. The van der Waals surface area contributed by atoms with Gasteiger partial charge in [0.05, 0.1) is 11.3 Å². The summed E-state index contributed by atoms with van der Waals surface area (Å²) < 4.78 is 5.22. The summed E-state index contributed by atoms with van der Waals surface area (Å²) in [5, 5.41) is 5.73. The Morgan fingerprint density at radius 2 is 2.15 bits per heavy atom. The van der Waals surface area contributed by atoms with E-state index in [1.807, 2.05) is 24.4 Å². The van der Waals surface area contributed by atoms with Gasteiger partial charge < -0.3 is 15.4 Å². The Bertz CT molecular complexity index is 834. The van der Waals surface area contributed by atoms with Crippen LogP contribution in [0.4, 0.5) is 5.69 Å². The number of ether oxygens (including phenoxy) is 1. The molecule has 0 saturated carbocycles. The fraction of sp³-hybridized carbons (Fsp3) is 0.368. The molecule has 2 amide bonds. The lowest BCUT2D eigenvalue weighted by Crippen LogP contribution is -2.44. The van der Waals surface area contributed by atoms with Crippen molar-refractivity contribution in [2.75, 3.05) is 25.0 Å². The Labute approximate surface area is 156 Å². The molecule has 8 nitrogen and oxygen atoms in total. The van der Waals surface area contributed by atoms with E-state index >= 15 is 0 Å². The van der Waals surface area contributed by atoms with Gasteiger partial charge >= 0.3 is 0 Å². The number of likely N-dealkylation sites (tertiary alicyclic amines) is 1. The lowest BCUT2D eigenvalue weighted by Gasteiger charge is -2.32. The maximum absolute atomic E-state index is 12.5. The number of piperidine rings is 1. The second-order valence-corrected chi connectivity index (χ2v) is 6.76. The third-order valence-corrected chi connectivity index (χ3v) is 4.76. The molecule has 2 aliphatic rings. The summed E-state index contributed by atoms with van der Waals surface area (Å²) in [5.41, 5.74) is 1.91. The average Bonchev–Trinajstić information content (AvgIpc) is 2.69. The van der Waals surface area contributed by atoms with Gasteiger partial charge in [-0.1, -0.05) is 6.07 Å². The quantitative estimate of drug-likeness (QED) is 0.843. The van der Waals surface area contributed by atoms with Gasteiger partial charge in [0.25, 0.3) is 11.8 Å². The fourth-order valence-corrected chi connectivity index (χ4v) is 3.33. The van der Waals surface area contributed by atoms with Gasteiger partial charge in [-0.3, -0.25) is 19.5 Å². The lowest BCUT2D eigenvalue weighted by atomic mass is 10.0. The summed E-state index contributed by atoms with van der Waals surface area (Å²) in [7, 11) is 0. The summed E-state index contributed by atoms with van der Waals surface area (Å²) in [6.07, 6.45) is 5.05. The number of carbonyl (C=O) groups excluding carboxylic acids is 2. The van der Waals surface area contributed by atoms with E-state index in [4.69, 9.17) is 4.74 Å². The molecule has 1 fully saturated rings. The molecule has 140 valence electrons. The molecule has 2 aromatic heterocycles. The first kappa shape index (κ1) is 17.4. The third-order valence-electron chi connectivity index (χ3n) is 4.76. The van der Waals surface area contributed by atoms with Crippen LogP contribution in [0.15, 0.2) is 36.7 Å². The van der Waals surface area contributed by atoms with Gasteiger partial charge in [0.2, 0.25) is 5.88 Å². The number of amides is 2. The van der Waals surface area contributed by atoms with E-state index in [-0.39, 0.29) is 24.5 Å². The normalized spacial score (nSPS) is 17.6. The van der Waals surface area contributed by atoms with Gasteiger partial charge in [0, 0.05) is 38.1 Å². The van der Waals surface area contributed by atoms with Gasteiger partial charge in [-0.25, -0.2) is 4.98 Å². The van der Waals surface area contributed by atoms with E-state index in [0.29, 0.717) is 17.1 Å². The molecule has 0 atom stereocenters. The molecular weight excluding hydrogens is 346 g/mol. The number of fused-ring (bicyclic) bond motifs is 1. The smallest absolute Gasteiger partial charge is 0.262 e. The molecule has 0 spiro atoms. The lowest BCUT2D eigenvalue weighted by molar-refractivity contribution is -0.118. The number of carbonyl (C=O) groups is 2. The van der Waals surface area contributed by atoms with E-state index in [1.54, 1.807) is 6.07 Å². The standard InChI is InChI=1S/C19H21N5O3/c25-17-12-27-19-16(23-17)9-13(10-21-19)18(26)22-14-4-7-24(8-5-14)11-15-3-1-2-6-20-15/h1-3,6,9-10,14H,4-5,7-8,11-12H2,(H,22,26)(H,23,25). The number of nitrogens with one attached hydrogen (secondary N) is 2. The van der Waals surface area contributed by atoms with E-state index in [1.165, 1.54) is 6.20 Å². The van der Waals surface area contributed by atoms with E-state index in [2.05, 4.69) is 25.5 Å². The molecule has 4 heterocycles. The first-order valence-electron chi connectivity index (χ1n) is 9.03. The Morgan fingerprint density at radius 1 is 1.30 bits per heavy atom. The molecule has 4 rings (SSSR count). The second-order valence-electron chi connectivity index (χ2n) is 6.76. The first-order chi connectivity index (χ1) is 13.2. The molecule has 2 aromatic rings. The largest absolute Gasteiger partial charge is 0.466 e. The monoisotopic (exact) mass is 367 g/mol. The van der Waals surface area contributed by atoms with Crippen LogP contribution in [-0.4, -0.2) is 52.4 Å². The van der Waals surface area contributed by atoms with Crippen LogP contribution in [-0.2, 0) is 11.3 Å². The summed E-state index contributed by atoms with van der Waals surface area (Å²) in [6, 6.07) is 7.66. The molecule has 0 aromatic carbocycles. The minimum Gasteiger partial charge on any atom is -0.466 e. The van der Waals surface area contributed by atoms with Gasteiger partial charge in [-0.2, -0.15) is 0 Å². The number of hydrogen-bond acceptors (Lipinski definition) is 6. The molecule has 27 heavy (non-hydrogen) atoms. The second kappa shape index (κ2) is 7.71. The van der Waals surface area contributed by atoms with Crippen LogP contribution in [0.25, 0.3) is 0 Å². The highest BCUT2D eigenvalue weighted by Gasteiger charge is 2.23. The van der Waals surface area contributed by atoms with Crippen LogP contribution in [0.1, 0.15) is 28.9 Å². The Morgan fingerprint density at radius 3 is 2.93 bits per heavy atom. The number of aromatic nitrogens is 2. The van der Waals surface area contributed by atoms with Gasteiger partial charge in [-0.05, 0) is 31.0 Å². The van der Waals surface area contributed by atoms with Crippen molar-refractivity contribution < 1.29 is 14.3 Å². The van der Waals surface area contributed by atoms with Crippen LogP contribution in [0.5, 0.6) is 5.88 Å². The first-order valence-corrected chi connectivity index (χ1v) is 9.03.